The van der Waals surface area contributed by atoms with Crippen LogP contribution in [0.5, 0.6) is 0 Å². The maximum Gasteiger partial charge on any atom is 0.306 e. The zero-order chi connectivity index (χ0) is 46.5. The Morgan fingerprint density at radius 1 is 0.328 bits per heavy atom. The van der Waals surface area contributed by atoms with Crippen molar-refractivity contribution in [2.24, 2.45) is 0 Å². The highest BCUT2D eigenvalue weighted by molar-refractivity contribution is 5.71. The molecule has 6 nitrogen and oxygen atoms in total. The van der Waals surface area contributed by atoms with Crippen LogP contribution in [0.25, 0.3) is 0 Å². The average Bonchev–Trinajstić information content (AvgIpc) is 3.29. The Morgan fingerprint density at radius 2 is 0.656 bits per heavy atom. The maximum atomic E-state index is 12.8. The van der Waals surface area contributed by atoms with Gasteiger partial charge in [-0.2, -0.15) is 0 Å². The first-order valence-corrected chi connectivity index (χ1v) is 24.9. The number of ether oxygens (including phenoxy) is 3. The molecule has 0 amide bonds. The van der Waals surface area contributed by atoms with E-state index in [1.165, 1.54) is 12.8 Å². The van der Waals surface area contributed by atoms with Crippen molar-refractivity contribution in [1.82, 2.24) is 0 Å². The van der Waals surface area contributed by atoms with Gasteiger partial charge >= 0.3 is 17.9 Å². The second-order valence-electron chi connectivity index (χ2n) is 15.7. The van der Waals surface area contributed by atoms with Crippen molar-refractivity contribution in [3.05, 3.63) is 146 Å². The van der Waals surface area contributed by atoms with Gasteiger partial charge in [0.25, 0.3) is 0 Å². The van der Waals surface area contributed by atoms with E-state index in [1.54, 1.807) is 0 Å². The minimum Gasteiger partial charge on any atom is -0.462 e. The summed E-state index contributed by atoms with van der Waals surface area (Å²) in [5.74, 6) is -1.05. The summed E-state index contributed by atoms with van der Waals surface area (Å²) < 4.78 is 16.7. The fraction of sp³-hybridized carbons (Fsp3) is 0.534. The van der Waals surface area contributed by atoms with Crippen LogP contribution < -0.4 is 0 Å². The predicted octanol–water partition coefficient (Wildman–Crippen LogP) is 16.5. The molecule has 6 heteroatoms. The topological polar surface area (TPSA) is 78.9 Å². The van der Waals surface area contributed by atoms with Crippen molar-refractivity contribution in [3.8, 4) is 0 Å². The third-order valence-electron chi connectivity index (χ3n) is 9.70. The highest BCUT2D eigenvalue weighted by atomic mass is 16.6. The van der Waals surface area contributed by atoms with Crippen LogP contribution in [-0.2, 0) is 28.6 Å². The summed E-state index contributed by atoms with van der Waals surface area (Å²) in [5, 5.41) is 0. The molecule has 0 aromatic heterocycles. The maximum absolute atomic E-state index is 12.8. The first-order chi connectivity index (χ1) is 31.5. The van der Waals surface area contributed by atoms with Crippen LogP contribution in [0.4, 0.5) is 0 Å². The molecule has 1 unspecified atom stereocenters. The Balaban J connectivity index is 4.55. The molecule has 0 aliphatic carbocycles. The summed E-state index contributed by atoms with van der Waals surface area (Å²) in [5.41, 5.74) is 0. The van der Waals surface area contributed by atoms with Gasteiger partial charge in [0.05, 0.1) is 0 Å². The molecule has 0 radical (unpaired) electrons. The second kappa shape index (κ2) is 50.9. The minimum absolute atomic E-state index is 0.124. The van der Waals surface area contributed by atoms with Crippen molar-refractivity contribution in [2.75, 3.05) is 13.2 Å². The standard InChI is InChI=1S/C58H88O6/c1-4-7-10-13-16-19-22-25-27-28-29-30-31-34-36-39-42-45-48-51-57(60)63-54-55(53-62-56(59)50-47-44-41-38-35-32-24-21-18-15-12-9-6-3)64-58(61)52-49-46-43-40-37-33-26-23-20-17-14-11-8-5-2/h7-12,15-21,24-27,29-30,32-33,35,38,41,55H,4-6,13-14,22-23,28,31,34,36-37,39-40,42-54H2,1-3H3/b10-7-,11-8-,12-9-,18-15-,19-16-,20-17-,24-21-,27-25-,30-29-,33-26-,35-32-,41-38-. The smallest absolute Gasteiger partial charge is 0.306 e. The molecular formula is C58H88O6. The average molecular weight is 881 g/mol. The molecule has 0 saturated heterocycles. The van der Waals surface area contributed by atoms with E-state index in [4.69, 9.17) is 14.2 Å². The number of esters is 3. The number of rotatable bonds is 42. The monoisotopic (exact) mass is 881 g/mol. The lowest BCUT2D eigenvalue weighted by molar-refractivity contribution is -0.167. The van der Waals surface area contributed by atoms with E-state index in [1.807, 2.05) is 54.7 Å². The highest BCUT2D eigenvalue weighted by Gasteiger charge is 2.19. The summed E-state index contributed by atoms with van der Waals surface area (Å²) in [7, 11) is 0. The summed E-state index contributed by atoms with van der Waals surface area (Å²) >= 11 is 0. The Bertz CT molecular complexity index is 1480. The lowest BCUT2D eigenvalue weighted by Crippen LogP contribution is -2.30. The molecule has 0 saturated carbocycles. The Kier molecular flexibility index (Phi) is 47.2. The van der Waals surface area contributed by atoms with Gasteiger partial charge in [0.1, 0.15) is 13.2 Å². The Morgan fingerprint density at radius 3 is 1.11 bits per heavy atom. The third kappa shape index (κ3) is 48.3. The van der Waals surface area contributed by atoms with Crippen LogP contribution in [0, 0.1) is 0 Å². The summed E-state index contributed by atoms with van der Waals surface area (Å²) in [6, 6.07) is 0. The van der Waals surface area contributed by atoms with Gasteiger partial charge in [-0.3, -0.25) is 14.4 Å². The number of carbonyl (C=O) groups is 3. The number of carbonyl (C=O) groups excluding carboxylic acids is 3. The fourth-order valence-electron chi connectivity index (χ4n) is 6.06. The Labute approximate surface area is 391 Å². The van der Waals surface area contributed by atoms with E-state index in [0.29, 0.717) is 12.8 Å². The van der Waals surface area contributed by atoms with Gasteiger partial charge in [-0.25, -0.2) is 0 Å². The normalized spacial score (nSPS) is 13.4. The summed E-state index contributed by atoms with van der Waals surface area (Å²) in [4.78, 5) is 37.9. The van der Waals surface area contributed by atoms with Crippen LogP contribution in [-0.4, -0.2) is 37.2 Å². The van der Waals surface area contributed by atoms with Crippen molar-refractivity contribution < 1.29 is 28.6 Å². The van der Waals surface area contributed by atoms with Crippen LogP contribution in [0.1, 0.15) is 181 Å². The van der Waals surface area contributed by atoms with E-state index in [9.17, 15) is 14.4 Å². The minimum atomic E-state index is -0.831. The van der Waals surface area contributed by atoms with Gasteiger partial charge in [-0.1, -0.05) is 205 Å². The van der Waals surface area contributed by atoms with Crippen molar-refractivity contribution >= 4 is 17.9 Å². The quantitative estimate of drug-likeness (QED) is 0.0200. The summed E-state index contributed by atoms with van der Waals surface area (Å²) in [6.45, 7) is 6.14. The van der Waals surface area contributed by atoms with E-state index in [-0.39, 0.29) is 44.0 Å². The Hall–Kier alpha value is -4.71. The zero-order valence-corrected chi connectivity index (χ0v) is 40.5. The van der Waals surface area contributed by atoms with Crippen molar-refractivity contribution in [2.45, 2.75) is 187 Å². The van der Waals surface area contributed by atoms with Gasteiger partial charge in [-0.15, -0.1) is 0 Å². The highest BCUT2D eigenvalue weighted by Crippen LogP contribution is 2.12. The van der Waals surface area contributed by atoms with Crippen LogP contribution >= 0.6 is 0 Å². The molecule has 1 atom stereocenters. The SMILES string of the molecule is CC\C=C/C=C\C=C/C=C\C=C/CCCC(=O)OCC(COC(=O)CCCCCCCC/C=C\C/C=C\C/C=C\C/C=C\CC)OC(=O)CCCCCC/C=C\C/C=C\C/C=C\CC. The zero-order valence-electron chi connectivity index (χ0n) is 40.5. The first-order valence-electron chi connectivity index (χ1n) is 24.9. The van der Waals surface area contributed by atoms with Crippen molar-refractivity contribution in [1.29, 1.82) is 0 Å². The molecule has 0 N–H and O–H groups in total. The molecule has 0 rings (SSSR count). The molecule has 0 aromatic carbocycles. The van der Waals surface area contributed by atoms with Crippen molar-refractivity contribution in [3.63, 3.8) is 0 Å². The van der Waals surface area contributed by atoms with Gasteiger partial charge < -0.3 is 14.2 Å². The lowest BCUT2D eigenvalue weighted by atomic mass is 10.1. The molecule has 356 valence electrons. The molecule has 0 fully saturated rings. The van der Waals surface area contributed by atoms with Gasteiger partial charge in [0, 0.05) is 19.3 Å². The number of hydrogen-bond donors (Lipinski definition) is 0. The summed E-state index contributed by atoms with van der Waals surface area (Å²) in [6.07, 6.45) is 72.7. The largest absolute Gasteiger partial charge is 0.462 e. The molecule has 64 heavy (non-hydrogen) atoms. The van der Waals surface area contributed by atoms with Crippen LogP contribution in [0.3, 0.4) is 0 Å². The van der Waals surface area contributed by atoms with Crippen LogP contribution in [0.15, 0.2) is 146 Å². The first kappa shape index (κ1) is 59.3. The molecule has 0 bridgehead atoms. The van der Waals surface area contributed by atoms with Gasteiger partial charge in [-0.05, 0) is 103 Å². The molecule has 0 heterocycles. The molecule has 0 aliphatic heterocycles. The van der Waals surface area contributed by atoms with Gasteiger partial charge in [0.2, 0.25) is 0 Å². The predicted molar refractivity (Wildman–Crippen MR) is 274 cm³/mol. The second-order valence-corrected chi connectivity index (χ2v) is 15.7. The van der Waals surface area contributed by atoms with Gasteiger partial charge in [0.15, 0.2) is 6.10 Å². The molecular weight excluding hydrogens is 793 g/mol. The van der Waals surface area contributed by atoms with E-state index < -0.39 is 6.10 Å². The number of hydrogen-bond acceptors (Lipinski definition) is 6. The third-order valence-corrected chi connectivity index (χ3v) is 9.70. The van der Waals surface area contributed by atoms with E-state index in [0.717, 1.165) is 122 Å². The molecule has 0 aromatic rings. The van der Waals surface area contributed by atoms with E-state index in [2.05, 4.69) is 112 Å². The fourth-order valence-corrected chi connectivity index (χ4v) is 6.06. The molecule has 0 spiro atoms. The number of allylic oxidation sites excluding steroid dienone is 24. The molecule has 0 aliphatic rings. The lowest BCUT2D eigenvalue weighted by Gasteiger charge is -2.18. The van der Waals surface area contributed by atoms with Crippen LogP contribution in [0.2, 0.25) is 0 Å². The van der Waals surface area contributed by atoms with E-state index >= 15 is 0 Å². The number of unbranched alkanes of at least 4 members (excludes halogenated alkanes) is 11.